The highest BCUT2D eigenvalue weighted by atomic mass is 35.5. The number of likely N-dealkylation sites (tertiary alicyclic amines) is 1. The first-order valence-electron chi connectivity index (χ1n) is 9.52. The molecule has 1 saturated heterocycles. The van der Waals surface area contributed by atoms with Gasteiger partial charge in [0.05, 0.1) is 17.4 Å². The standard InChI is InChI=1S/C19H22ClN7O2/c1-12-5-8-26(15(9-12)11-18-25-24-13(2)29-18)19(28)23-14-3-4-16(20)17(10-14)27-21-6-7-22-27/h3-4,6-7,10,12,15H,5,8-9,11H2,1-2H3,(H,23,28)/t12-,15?/m0/s1. The van der Waals surface area contributed by atoms with E-state index in [-0.39, 0.29) is 12.1 Å². The molecule has 29 heavy (non-hydrogen) atoms. The molecular formula is C19H22ClN7O2. The van der Waals surface area contributed by atoms with Crippen LogP contribution in [0.15, 0.2) is 35.0 Å². The number of piperidine rings is 1. The molecule has 9 nitrogen and oxygen atoms in total. The summed E-state index contributed by atoms with van der Waals surface area (Å²) in [5.74, 6) is 1.61. The molecule has 2 atom stereocenters. The molecule has 1 unspecified atom stereocenters. The van der Waals surface area contributed by atoms with Gasteiger partial charge in [0.25, 0.3) is 0 Å². The smallest absolute Gasteiger partial charge is 0.322 e. The van der Waals surface area contributed by atoms with E-state index in [4.69, 9.17) is 16.0 Å². The van der Waals surface area contributed by atoms with Gasteiger partial charge in [-0.15, -0.1) is 10.2 Å². The van der Waals surface area contributed by atoms with Crippen molar-refractivity contribution in [1.29, 1.82) is 0 Å². The van der Waals surface area contributed by atoms with Gasteiger partial charge in [0, 0.05) is 31.6 Å². The maximum absolute atomic E-state index is 13.0. The quantitative estimate of drug-likeness (QED) is 0.699. The Labute approximate surface area is 173 Å². The van der Waals surface area contributed by atoms with Gasteiger partial charge in [-0.1, -0.05) is 18.5 Å². The Bertz CT molecular complexity index is 988. The zero-order valence-electron chi connectivity index (χ0n) is 16.2. The molecule has 1 aliphatic heterocycles. The highest BCUT2D eigenvalue weighted by Crippen LogP contribution is 2.27. The SMILES string of the molecule is Cc1nnc(CC2C[C@@H](C)CCN2C(=O)Nc2ccc(Cl)c(-n3nccn3)c2)o1. The van der Waals surface area contributed by atoms with E-state index < -0.39 is 0 Å². The largest absolute Gasteiger partial charge is 0.426 e. The normalized spacial score (nSPS) is 19.3. The van der Waals surface area contributed by atoms with Crippen molar-refractivity contribution in [2.45, 2.75) is 39.2 Å². The van der Waals surface area contributed by atoms with Gasteiger partial charge in [0.15, 0.2) is 0 Å². The number of carbonyl (C=O) groups excluding carboxylic acids is 1. The highest BCUT2D eigenvalue weighted by Gasteiger charge is 2.31. The molecule has 0 aliphatic carbocycles. The Hall–Kier alpha value is -2.94. The summed E-state index contributed by atoms with van der Waals surface area (Å²) < 4.78 is 5.53. The predicted octanol–water partition coefficient (Wildman–Crippen LogP) is 3.49. The number of rotatable bonds is 4. The van der Waals surface area contributed by atoms with E-state index in [0.717, 1.165) is 12.8 Å². The third-order valence-corrected chi connectivity index (χ3v) is 5.37. The zero-order chi connectivity index (χ0) is 20.4. The van der Waals surface area contributed by atoms with Crippen molar-refractivity contribution in [1.82, 2.24) is 30.1 Å². The van der Waals surface area contributed by atoms with Gasteiger partial charge in [-0.25, -0.2) is 4.79 Å². The lowest BCUT2D eigenvalue weighted by atomic mass is 9.91. The Kier molecular flexibility index (Phi) is 5.48. The number of nitrogens with one attached hydrogen (secondary N) is 1. The third kappa shape index (κ3) is 4.40. The summed E-state index contributed by atoms with van der Waals surface area (Å²) in [7, 11) is 0. The maximum Gasteiger partial charge on any atom is 0.322 e. The summed E-state index contributed by atoms with van der Waals surface area (Å²) in [4.78, 5) is 16.3. The van der Waals surface area contributed by atoms with Crippen molar-refractivity contribution in [3.8, 4) is 5.69 Å². The first-order chi connectivity index (χ1) is 14.0. The molecule has 2 aromatic heterocycles. The van der Waals surface area contributed by atoms with Crippen LogP contribution in [0.25, 0.3) is 5.69 Å². The summed E-state index contributed by atoms with van der Waals surface area (Å²) in [5, 5.41) is 19.6. The Balaban J connectivity index is 1.51. The molecule has 1 aromatic carbocycles. The fourth-order valence-electron chi connectivity index (χ4n) is 3.61. The molecule has 0 spiro atoms. The minimum atomic E-state index is -0.167. The minimum absolute atomic E-state index is 0.00171. The third-order valence-electron chi connectivity index (χ3n) is 5.05. The van der Waals surface area contributed by atoms with Gasteiger partial charge in [0.1, 0.15) is 5.69 Å². The summed E-state index contributed by atoms with van der Waals surface area (Å²) in [5.41, 5.74) is 1.22. The van der Waals surface area contributed by atoms with Gasteiger partial charge >= 0.3 is 6.03 Å². The molecule has 0 bridgehead atoms. The van der Waals surface area contributed by atoms with Crippen molar-refractivity contribution >= 4 is 23.3 Å². The van der Waals surface area contributed by atoms with Crippen LogP contribution in [0, 0.1) is 12.8 Å². The lowest BCUT2D eigenvalue weighted by Gasteiger charge is -2.38. The molecule has 152 valence electrons. The molecule has 3 heterocycles. The Morgan fingerprint density at radius 2 is 2.10 bits per heavy atom. The number of urea groups is 1. The first-order valence-corrected chi connectivity index (χ1v) is 9.90. The van der Waals surface area contributed by atoms with Crippen LogP contribution in [-0.4, -0.2) is 48.7 Å². The Morgan fingerprint density at radius 1 is 1.31 bits per heavy atom. The van der Waals surface area contributed by atoms with E-state index in [0.29, 0.717) is 47.1 Å². The van der Waals surface area contributed by atoms with Gasteiger partial charge in [-0.3, -0.25) is 0 Å². The number of hydrogen-bond donors (Lipinski definition) is 1. The van der Waals surface area contributed by atoms with Crippen molar-refractivity contribution < 1.29 is 9.21 Å². The molecule has 0 radical (unpaired) electrons. The van der Waals surface area contributed by atoms with Crippen molar-refractivity contribution in [3.05, 3.63) is 47.4 Å². The van der Waals surface area contributed by atoms with Crippen LogP contribution < -0.4 is 5.32 Å². The first kappa shape index (κ1) is 19.4. The summed E-state index contributed by atoms with van der Waals surface area (Å²) in [6, 6.07) is 5.06. The number of hydrogen-bond acceptors (Lipinski definition) is 6. The molecule has 0 saturated carbocycles. The number of carbonyl (C=O) groups is 1. The summed E-state index contributed by atoms with van der Waals surface area (Å²) in [6.07, 6.45) is 5.52. The van der Waals surface area contributed by atoms with E-state index in [1.165, 1.54) is 4.80 Å². The van der Waals surface area contributed by atoms with Crippen molar-refractivity contribution in [2.24, 2.45) is 5.92 Å². The van der Waals surface area contributed by atoms with Crippen LogP contribution in [0.2, 0.25) is 5.02 Å². The molecule has 1 fully saturated rings. The van der Waals surface area contributed by atoms with Gasteiger partial charge in [0.2, 0.25) is 11.8 Å². The average molecular weight is 416 g/mol. The van der Waals surface area contributed by atoms with E-state index in [2.05, 4.69) is 32.6 Å². The summed E-state index contributed by atoms with van der Waals surface area (Å²) in [6.45, 7) is 4.63. The molecule has 3 aromatic rings. The summed E-state index contributed by atoms with van der Waals surface area (Å²) >= 11 is 6.26. The fraction of sp³-hybridized carbons (Fsp3) is 0.421. The molecule has 10 heteroatoms. The average Bonchev–Trinajstić information content (AvgIpc) is 3.35. The van der Waals surface area contributed by atoms with Crippen LogP contribution in [0.5, 0.6) is 0 Å². The molecule has 2 amide bonds. The van der Waals surface area contributed by atoms with E-state index in [9.17, 15) is 4.79 Å². The number of aromatic nitrogens is 5. The lowest BCUT2D eigenvalue weighted by molar-refractivity contribution is 0.137. The van der Waals surface area contributed by atoms with Gasteiger partial charge < -0.3 is 14.6 Å². The van der Waals surface area contributed by atoms with E-state index >= 15 is 0 Å². The number of nitrogens with zero attached hydrogens (tertiary/aromatic N) is 6. The topological polar surface area (TPSA) is 102 Å². The molecule has 1 aliphatic rings. The number of anilines is 1. The van der Waals surface area contributed by atoms with E-state index in [1.807, 2.05) is 4.90 Å². The minimum Gasteiger partial charge on any atom is -0.426 e. The number of halogens is 1. The van der Waals surface area contributed by atoms with E-state index in [1.54, 1.807) is 37.5 Å². The second-order valence-electron chi connectivity index (χ2n) is 7.31. The molecule has 4 rings (SSSR count). The zero-order valence-corrected chi connectivity index (χ0v) is 17.0. The van der Waals surface area contributed by atoms with Gasteiger partial charge in [-0.05, 0) is 37.0 Å². The maximum atomic E-state index is 13.0. The van der Waals surface area contributed by atoms with Crippen LogP contribution in [0.1, 0.15) is 31.5 Å². The van der Waals surface area contributed by atoms with Crippen LogP contribution in [0.4, 0.5) is 10.5 Å². The second-order valence-corrected chi connectivity index (χ2v) is 7.72. The van der Waals surface area contributed by atoms with Gasteiger partial charge in [-0.2, -0.15) is 15.0 Å². The second kappa shape index (κ2) is 8.20. The lowest BCUT2D eigenvalue weighted by Crippen LogP contribution is -2.48. The van der Waals surface area contributed by atoms with Crippen molar-refractivity contribution in [2.75, 3.05) is 11.9 Å². The predicted molar refractivity (Wildman–Crippen MR) is 107 cm³/mol. The number of benzene rings is 1. The molecular weight excluding hydrogens is 394 g/mol. The number of aryl methyl sites for hydroxylation is 1. The Morgan fingerprint density at radius 3 is 2.83 bits per heavy atom. The highest BCUT2D eigenvalue weighted by molar-refractivity contribution is 6.32. The van der Waals surface area contributed by atoms with Crippen molar-refractivity contribution in [3.63, 3.8) is 0 Å². The monoisotopic (exact) mass is 415 g/mol. The molecule has 1 N–H and O–H groups in total. The fourth-order valence-corrected chi connectivity index (χ4v) is 3.81. The van der Waals surface area contributed by atoms with Crippen LogP contribution >= 0.6 is 11.6 Å². The number of amides is 2. The van der Waals surface area contributed by atoms with Crippen LogP contribution in [0.3, 0.4) is 0 Å². The van der Waals surface area contributed by atoms with Crippen LogP contribution in [-0.2, 0) is 6.42 Å².